The van der Waals surface area contributed by atoms with Crippen molar-refractivity contribution in [3.05, 3.63) is 106 Å². The number of rotatable bonds is 33. The molecule has 0 bridgehead atoms. The molecule has 3 rings (SSSR count). The van der Waals surface area contributed by atoms with E-state index in [9.17, 15) is 23.5 Å². The maximum absolute atomic E-state index is 12.3. The number of aliphatic carboxylic acids is 1. The molecule has 3 unspecified atom stereocenters. The van der Waals surface area contributed by atoms with Gasteiger partial charge in [0.1, 0.15) is 0 Å². The van der Waals surface area contributed by atoms with Crippen LogP contribution < -0.4 is 16.4 Å². The molecule has 0 heterocycles. The summed E-state index contributed by atoms with van der Waals surface area (Å²) in [4.78, 5) is 35.1. The fourth-order valence-corrected chi connectivity index (χ4v) is 8.78. The van der Waals surface area contributed by atoms with E-state index in [4.69, 9.17) is 36.0 Å². The maximum Gasteiger partial charge on any atom is 0.474 e. The van der Waals surface area contributed by atoms with Gasteiger partial charge in [0.05, 0.1) is 50.8 Å². The third kappa shape index (κ3) is 45.3. The molecule has 0 aliphatic heterocycles. The summed E-state index contributed by atoms with van der Waals surface area (Å²) in [6.07, 6.45) is 7.88. The molecule has 2 amide bonds. The Morgan fingerprint density at radius 1 is 0.562 bits per heavy atom. The van der Waals surface area contributed by atoms with Gasteiger partial charge >= 0.3 is 22.0 Å². The van der Waals surface area contributed by atoms with Gasteiger partial charge in [0.15, 0.2) is 0 Å². The summed E-state index contributed by atoms with van der Waals surface area (Å²) in [6, 6.07) is 24.5. The van der Waals surface area contributed by atoms with Crippen molar-refractivity contribution in [2.45, 2.75) is 166 Å². The molecule has 0 saturated carbocycles. The number of carbonyl (C=O) groups excluding carboxylic acids is 2. The summed E-state index contributed by atoms with van der Waals surface area (Å²) in [5.41, 5.74) is 11.9. The fraction of sp³-hybridized carbons (Fsp3) is 0.644. The van der Waals surface area contributed by atoms with Crippen LogP contribution in [0.1, 0.15) is 180 Å². The van der Waals surface area contributed by atoms with E-state index in [-0.39, 0.29) is 105 Å². The topological polar surface area (TPSA) is 242 Å². The molecule has 16 nitrogen and oxygen atoms in total. The van der Waals surface area contributed by atoms with Crippen LogP contribution in [0.15, 0.2) is 72.8 Å². The van der Waals surface area contributed by atoms with Gasteiger partial charge in [-0.05, 0) is 165 Å². The quantitative estimate of drug-likeness (QED) is 0.0189. The number of carbonyl (C=O) groups is 3. The maximum atomic E-state index is 12.3. The molecular weight excluding hydrogens is 1320 g/mol. The Kier molecular flexibility index (Phi) is 57.7. The average Bonchev–Trinajstić information content (AvgIpc) is 3.41. The number of benzene rings is 3. The van der Waals surface area contributed by atoms with Crippen molar-refractivity contribution in [3.63, 3.8) is 0 Å². The van der Waals surface area contributed by atoms with E-state index in [2.05, 4.69) is 106 Å². The van der Waals surface area contributed by atoms with Crippen molar-refractivity contribution < 1.29 is 110 Å². The molecule has 0 aliphatic rings. The summed E-state index contributed by atoms with van der Waals surface area (Å²) in [7, 11) is -1.83. The van der Waals surface area contributed by atoms with E-state index in [1.807, 2.05) is 50.2 Å². The number of aliphatic hydroxyl groups is 2. The van der Waals surface area contributed by atoms with Crippen molar-refractivity contribution in [2.24, 2.45) is 23.5 Å². The van der Waals surface area contributed by atoms with Crippen LogP contribution >= 0.6 is 16.1 Å². The van der Waals surface area contributed by atoms with Crippen LogP contribution in [0.3, 0.4) is 0 Å². The van der Waals surface area contributed by atoms with E-state index >= 15 is 0 Å². The van der Waals surface area contributed by atoms with Crippen LogP contribution in [-0.2, 0) is 82.8 Å². The Morgan fingerprint density at radius 3 is 1.16 bits per heavy atom. The Balaban J connectivity index is -0.000000319. The first kappa shape index (κ1) is 84.3. The first-order valence-corrected chi connectivity index (χ1v) is 30.6. The molecule has 21 heteroatoms. The molecule has 0 spiro atoms. The monoisotopic (exact) mass is 1430 g/mol. The van der Waals surface area contributed by atoms with Crippen LogP contribution in [-0.4, -0.2) is 109 Å². The molecule has 0 saturated heterocycles. The van der Waals surface area contributed by atoms with Gasteiger partial charge in [0, 0.05) is 83.2 Å². The standard InChI is InChI=1S/C21H36NO5P.C17H27NO2.C13H18O2.C4H11NO.C4H11O3P.BH.Cr.U/c1-6-25-28(24,26-7-2)27-15-9-8-14-22-21(23)18(5)20-12-10-19(11-13-20)16-17(3)4;1-13(2)12-15-6-8-16(9-7-15)14(3)17(20)18-10-4-5-11-19;1-9(2)8-11-4-6-12(7-5-11)10(3)13(14)15;5-3-1-2-4-6;1-3-6-8(5)7-4-2;;;/h10-13,17-18H,6-9,14-16H2,1-5H3,(H,22,23);6-9,13-14,19H,4-5,10-12H2,1-3H3,(H,18,20);4-7,9-10H,8H2,1-3H3,(H,14,15);6H,1-5H2;8H,3-4H2,1-2H3;1H;;/i;;;;;1T;;. The number of phosphoric acid groups is 1. The molecule has 80 heavy (non-hydrogen) atoms. The van der Waals surface area contributed by atoms with Crippen LogP contribution in [0.5, 0.6) is 0 Å². The number of hydrogen-bond donors (Lipinski definition) is 6. The molecular formula is C59H104BCrN3O13P2U. The molecule has 456 valence electrons. The molecule has 0 fully saturated rings. The number of carboxylic acids is 1. The number of aliphatic hydroxyl groups excluding tert-OH is 2. The molecule has 3 atom stereocenters. The summed E-state index contributed by atoms with van der Waals surface area (Å²) >= 11 is 0. The average molecular weight is 1430 g/mol. The second-order valence-corrected chi connectivity index (χ2v) is 22.4. The summed E-state index contributed by atoms with van der Waals surface area (Å²) in [5, 5.41) is 31.5. The van der Waals surface area contributed by atoms with Gasteiger partial charge in [0.25, 0.3) is 0 Å². The minimum absolute atomic E-state index is 0. The predicted molar refractivity (Wildman–Crippen MR) is 321 cm³/mol. The van der Waals surface area contributed by atoms with Crippen molar-refractivity contribution in [1.82, 2.24) is 10.6 Å². The first-order chi connectivity index (χ1) is 37.6. The van der Waals surface area contributed by atoms with E-state index in [0.717, 1.165) is 68.1 Å². The van der Waals surface area contributed by atoms with E-state index in [1.54, 1.807) is 34.6 Å². The summed E-state index contributed by atoms with van der Waals surface area (Å²) in [6.45, 7) is 29.8. The molecule has 0 aromatic heterocycles. The smallest absolute Gasteiger partial charge is 0.474 e. The van der Waals surface area contributed by atoms with Crippen LogP contribution in [0.2, 0.25) is 0 Å². The molecule has 7 N–H and O–H groups in total. The zero-order valence-corrected chi connectivity index (χ0v) is 58.1. The molecule has 0 aliphatic carbocycles. The number of phosphoric ester groups is 1. The summed E-state index contributed by atoms with van der Waals surface area (Å²) < 4.78 is 52.4. The van der Waals surface area contributed by atoms with Gasteiger partial charge in [-0.2, -0.15) is 0 Å². The first-order valence-electron chi connectivity index (χ1n) is 28.5. The zero-order chi connectivity index (χ0) is 60.6. The van der Waals surface area contributed by atoms with Gasteiger partial charge in [-0.15, -0.1) is 0 Å². The third-order valence-electron chi connectivity index (χ3n) is 11.2. The Bertz CT molecular complexity index is 2010. The number of amides is 2. The predicted octanol–water partition coefficient (Wildman–Crippen LogP) is 11.5. The number of unbranched alkanes of at least 4 members (excludes halogenated alkanes) is 3. The van der Waals surface area contributed by atoms with Crippen molar-refractivity contribution >= 4 is 42.2 Å². The van der Waals surface area contributed by atoms with E-state index < -0.39 is 28.0 Å². The Hall–Kier alpha value is -2.14. The number of hydrogen-bond acceptors (Lipinski definition) is 13. The van der Waals surface area contributed by atoms with E-state index in [0.29, 0.717) is 57.0 Å². The normalized spacial score (nSPS) is 11.8. The largest absolute Gasteiger partial charge is 0.481 e. The van der Waals surface area contributed by atoms with Gasteiger partial charge < -0.3 is 40.7 Å². The Labute approximate surface area is 521 Å². The zero-order valence-electron chi connectivity index (χ0n) is 51.8. The minimum atomic E-state index is -3.44. The van der Waals surface area contributed by atoms with Crippen LogP contribution in [0.25, 0.3) is 0 Å². The van der Waals surface area contributed by atoms with Gasteiger partial charge in [-0.25, -0.2) is 4.57 Å². The van der Waals surface area contributed by atoms with Gasteiger partial charge in [-0.3, -0.25) is 32.5 Å². The van der Waals surface area contributed by atoms with Crippen molar-refractivity contribution in [2.75, 3.05) is 65.9 Å². The van der Waals surface area contributed by atoms with E-state index in [1.165, 1.54) is 16.7 Å². The second kappa shape index (κ2) is 54.8. The third-order valence-corrected chi connectivity index (χ3v) is 13.9. The Morgan fingerprint density at radius 2 is 0.887 bits per heavy atom. The number of nitrogens with one attached hydrogen (secondary N) is 2. The fourth-order valence-electron chi connectivity index (χ4n) is 7.02. The van der Waals surface area contributed by atoms with Gasteiger partial charge in [-0.1, -0.05) is 114 Å². The summed E-state index contributed by atoms with van der Waals surface area (Å²) in [5.74, 6) is 0.446. The SMILES string of the molecule is CC(C)Cc1ccc(C(C)C(=O)NCCCCO)cc1.CC(C)Cc1ccc(C(C)C(=O)O)cc1.CCOP(=O)(OCC)OCCCCNC(=O)C(C)c1ccc(CC(C)C)cc1.CCO[PH](=O)OCC.NCCCCO.[3H][B].[Cr].[U]. The second-order valence-electron chi connectivity index (χ2n) is 19.7. The molecule has 3 aromatic rings. The van der Waals surface area contributed by atoms with Crippen molar-refractivity contribution in [1.29, 1.82) is 1.34 Å². The molecule has 3 aromatic carbocycles. The van der Waals surface area contributed by atoms with Gasteiger partial charge in [0.2, 0.25) is 11.8 Å². The molecule has 2 radical (unpaired) electrons. The van der Waals surface area contributed by atoms with Crippen LogP contribution in [0, 0.1) is 48.9 Å². The minimum Gasteiger partial charge on any atom is -0.481 e. The van der Waals surface area contributed by atoms with Crippen LogP contribution in [0.4, 0.5) is 0 Å². The number of nitrogens with two attached hydrogens (primary N) is 1. The van der Waals surface area contributed by atoms with Crippen molar-refractivity contribution in [3.8, 4) is 0 Å². The number of carboxylic acid groups (broad SMARTS) is 1.